The van der Waals surface area contributed by atoms with Crippen LogP contribution in [0.1, 0.15) is 45.4 Å². The number of carbonyl (C=O) groups is 3. The summed E-state index contributed by atoms with van der Waals surface area (Å²) in [6.45, 7) is 2.90. The van der Waals surface area contributed by atoms with Crippen LogP contribution in [-0.2, 0) is 19.1 Å². The Kier molecular flexibility index (Phi) is 7.22. The van der Waals surface area contributed by atoms with Crippen LogP contribution in [0, 0.1) is 0 Å². The Morgan fingerprint density at radius 3 is 2.75 bits per heavy atom. The highest BCUT2D eigenvalue weighted by Gasteiger charge is 2.38. The van der Waals surface area contributed by atoms with Crippen LogP contribution in [0.2, 0.25) is 0 Å². The first-order valence-corrected chi connectivity index (χ1v) is 7.26. The molecule has 0 aromatic carbocycles. The molecule has 20 heavy (non-hydrogen) atoms. The second-order valence-electron chi connectivity index (χ2n) is 4.93. The molecule has 114 valence electrons. The highest BCUT2D eigenvalue weighted by atomic mass is 16.5. The van der Waals surface area contributed by atoms with Gasteiger partial charge in [-0.25, -0.2) is 0 Å². The number of imide groups is 1. The predicted molar refractivity (Wildman–Crippen MR) is 73.9 cm³/mol. The molecule has 1 aliphatic rings. The largest absolute Gasteiger partial charge is 0.368 e. The number of likely N-dealkylation sites (tertiary alicyclic amines) is 1. The number of carbonyl (C=O) groups excluding carboxylic acids is 3. The zero-order chi connectivity index (χ0) is 15.0. The molecule has 0 spiro atoms. The molecule has 1 rings (SSSR count). The molecule has 1 N–H and O–H groups in total. The summed E-state index contributed by atoms with van der Waals surface area (Å²) in [6, 6.07) is 0. The maximum atomic E-state index is 12.0. The molecule has 1 atom stereocenters. The monoisotopic (exact) mass is 284 g/mol. The summed E-state index contributed by atoms with van der Waals surface area (Å²) in [5.74, 6) is -0.344. The number of ether oxygens (including phenoxy) is 1. The van der Waals surface area contributed by atoms with Crippen molar-refractivity contribution in [1.82, 2.24) is 10.2 Å². The van der Waals surface area contributed by atoms with Gasteiger partial charge >= 0.3 is 0 Å². The molecule has 0 bridgehead atoms. The van der Waals surface area contributed by atoms with Crippen LogP contribution in [0.5, 0.6) is 0 Å². The lowest BCUT2D eigenvalue weighted by Gasteiger charge is -2.14. The Labute approximate surface area is 119 Å². The van der Waals surface area contributed by atoms with Crippen molar-refractivity contribution in [3.8, 4) is 0 Å². The predicted octanol–water partition coefficient (Wildman–Crippen LogP) is 0.847. The molecular formula is C14H24N2O4. The molecule has 0 saturated carbocycles. The average Bonchev–Trinajstić information content (AvgIpc) is 2.71. The standard InChI is InChI=1S/C14H24N2O4/c1-3-9-20-11-10-13(18)16(14(11)19)8-6-4-5-7-12(17)15-2/h11H,3-10H2,1-2H3,(H,15,17). The molecule has 0 aliphatic carbocycles. The van der Waals surface area contributed by atoms with Gasteiger partial charge in [0.05, 0.1) is 6.42 Å². The summed E-state index contributed by atoms with van der Waals surface area (Å²) in [7, 11) is 1.61. The molecule has 1 fully saturated rings. The highest BCUT2D eigenvalue weighted by Crippen LogP contribution is 2.17. The van der Waals surface area contributed by atoms with Gasteiger partial charge in [-0.05, 0) is 19.3 Å². The Bertz CT molecular complexity index is 357. The van der Waals surface area contributed by atoms with E-state index in [1.165, 1.54) is 4.90 Å². The summed E-state index contributed by atoms with van der Waals surface area (Å²) >= 11 is 0. The lowest BCUT2D eigenvalue weighted by Crippen LogP contribution is -2.33. The second kappa shape index (κ2) is 8.68. The Balaban J connectivity index is 2.24. The molecule has 1 aliphatic heterocycles. The van der Waals surface area contributed by atoms with E-state index in [0.717, 1.165) is 25.7 Å². The van der Waals surface area contributed by atoms with Gasteiger partial charge in [0.15, 0.2) is 0 Å². The van der Waals surface area contributed by atoms with Gasteiger partial charge in [-0.15, -0.1) is 0 Å². The van der Waals surface area contributed by atoms with Gasteiger partial charge in [-0.1, -0.05) is 13.3 Å². The number of nitrogens with one attached hydrogen (secondary N) is 1. The van der Waals surface area contributed by atoms with Crippen molar-refractivity contribution >= 4 is 17.7 Å². The molecule has 0 aromatic rings. The first-order chi connectivity index (χ1) is 9.60. The number of hydrogen-bond acceptors (Lipinski definition) is 4. The van der Waals surface area contributed by atoms with Gasteiger partial charge in [-0.2, -0.15) is 0 Å². The van der Waals surface area contributed by atoms with Gasteiger partial charge in [0.1, 0.15) is 6.10 Å². The normalized spacial score (nSPS) is 18.7. The van der Waals surface area contributed by atoms with E-state index >= 15 is 0 Å². The third-order valence-electron chi connectivity index (χ3n) is 3.29. The number of amides is 3. The van der Waals surface area contributed by atoms with E-state index in [2.05, 4.69) is 5.32 Å². The highest BCUT2D eigenvalue weighted by molar-refractivity contribution is 6.04. The van der Waals surface area contributed by atoms with Crippen molar-refractivity contribution in [1.29, 1.82) is 0 Å². The third-order valence-corrected chi connectivity index (χ3v) is 3.29. The number of hydrogen-bond donors (Lipinski definition) is 1. The van der Waals surface area contributed by atoms with Crippen LogP contribution in [0.25, 0.3) is 0 Å². The van der Waals surface area contributed by atoms with Gasteiger partial charge in [-0.3, -0.25) is 19.3 Å². The maximum Gasteiger partial charge on any atom is 0.258 e. The van der Waals surface area contributed by atoms with Crippen molar-refractivity contribution in [3.05, 3.63) is 0 Å². The lowest BCUT2D eigenvalue weighted by atomic mass is 10.2. The molecule has 6 nitrogen and oxygen atoms in total. The molecule has 1 unspecified atom stereocenters. The number of unbranched alkanes of at least 4 members (excludes halogenated alkanes) is 2. The fourth-order valence-corrected chi connectivity index (χ4v) is 2.14. The zero-order valence-corrected chi connectivity index (χ0v) is 12.3. The minimum atomic E-state index is -0.590. The van der Waals surface area contributed by atoms with Crippen LogP contribution < -0.4 is 5.32 Å². The van der Waals surface area contributed by atoms with E-state index in [1.54, 1.807) is 7.05 Å². The van der Waals surface area contributed by atoms with Crippen LogP contribution in [-0.4, -0.2) is 48.9 Å². The molecule has 3 amide bonds. The van der Waals surface area contributed by atoms with Crippen molar-refractivity contribution in [2.45, 2.75) is 51.6 Å². The molecular weight excluding hydrogens is 260 g/mol. The fourth-order valence-electron chi connectivity index (χ4n) is 2.14. The average molecular weight is 284 g/mol. The van der Waals surface area contributed by atoms with E-state index in [0.29, 0.717) is 19.6 Å². The number of nitrogens with zero attached hydrogens (tertiary/aromatic N) is 1. The number of rotatable bonds is 9. The summed E-state index contributed by atoms with van der Waals surface area (Å²) in [4.78, 5) is 36.0. The third kappa shape index (κ3) is 4.92. The Hall–Kier alpha value is -1.43. The van der Waals surface area contributed by atoms with Crippen LogP contribution in [0.15, 0.2) is 0 Å². The Morgan fingerprint density at radius 2 is 2.10 bits per heavy atom. The minimum absolute atomic E-state index is 0.0198. The van der Waals surface area contributed by atoms with E-state index in [1.807, 2.05) is 6.92 Å². The summed E-state index contributed by atoms with van der Waals surface area (Å²) in [5, 5.41) is 2.56. The van der Waals surface area contributed by atoms with Gasteiger partial charge in [0.25, 0.3) is 5.91 Å². The molecule has 6 heteroatoms. The Morgan fingerprint density at radius 1 is 1.35 bits per heavy atom. The quantitative estimate of drug-likeness (QED) is 0.503. The van der Waals surface area contributed by atoms with E-state index < -0.39 is 6.10 Å². The summed E-state index contributed by atoms with van der Waals surface area (Å²) in [6.07, 6.45) is 3.22. The van der Waals surface area contributed by atoms with E-state index in [-0.39, 0.29) is 24.1 Å². The van der Waals surface area contributed by atoms with Crippen molar-refractivity contribution in [2.24, 2.45) is 0 Å². The van der Waals surface area contributed by atoms with E-state index in [4.69, 9.17) is 4.74 Å². The smallest absolute Gasteiger partial charge is 0.258 e. The molecule has 1 saturated heterocycles. The minimum Gasteiger partial charge on any atom is -0.368 e. The maximum absolute atomic E-state index is 12.0. The van der Waals surface area contributed by atoms with Crippen LogP contribution >= 0.6 is 0 Å². The second-order valence-corrected chi connectivity index (χ2v) is 4.93. The zero-order valence-electron chi connectivity index (χ0n) is 12.3. The first-order valence-electron chi connectivity index (χ1n) is 7.26. The van der Waals surface area contributed by atoms with Crippen LogP contribution in [0.3, 0.4) is 0 Å². The molecule has 1 heterocycles. The SMILES string of the molecule is CCCOC1CC(=O)N(CCCCCC(=O)NC)C1=O. The molecule has 0 radical (unpaired) electrons. The van der Waals surface area contributed by atoms with Crippen molar-refractivity contribution in [2.75, 3.05) is 20.2 Å². The summed E-state index contributed by atoms with van der Waals surface area (Å²) < 4.78 is 5.37. The lowest BCUT2D eigenvalue weighted by molar-refractivity contribution is -0.142. The van der Waals surface area contributed by atoms with Gasteiger partial charge in [0, 0.05) is 26.6 Å². The van der Waals surface area contributed by atoms with Gasteiger partial charge in [0.2, 0.25) is 11.8 Å². The van der Waals surface area contributed by atoms with E-state index in [9.17, 15) is 14.4 Å². The summed E-state index contributed by atoms with van der Waals surface area (Å²) in [5.41, 5.74) is 0. The first kappa shape index (κ1) is 16.6. The topological polar surface area (TPSA) is 75.7 Å². The fraction of sp³-hybridized carbons (Fsp3) is 0.786. The molecule has 0 aromatic heterocycles. The van der Waals surface area contributed by atoms with Crippen molar-refractivity contribution < 1.29 is 19.1 Å². The van der Waals surface area contributed by atoms with Gasteiger partial charge < -0.3 is 10.1 Å². The van der Waals surface area contributed by atoms with Crippen molar-refractivity contribution in [3.63, 3.8) is 0 Å². The van der Waals surface area contributed by atoms with Crippen LogP contribution in [0.4, 0.5) is 0 Å².